The van der Waals surface area contributed by atoms with Crippen LogP contribution in [0.2, 0.25) is 0 Å². The van der Waals surface area contributed by atoms with Crippen molar-refractivity contribution in [3.63, 3.8) is 0 Å². The lowest BCUT2D eigenvalue weighted by atomic mass is 9.95. The number of rotatable bonds is 4. The smallest absolute Gasteiger partial charge is 0.0483 e. The first kappa shape index (κ1) is 12.2. The molecule has 0 amide bonds. The molecule has 0 aromatic rings. The van der Waals surface area contributed by atoms with E-state index >= 15 is 0 Å². The van der Waals surface area contributed by atoms with E-state index in [1.807, 2.05) is 6.92 Å². The largest absolute Gasteiger partial charge is 0.382 e. The van der Waals surface area contributed by atoms with Gasteiger partial charge >= 0.3 is 0 Å². The second-order valence-corrected chi connectivity index (χ2v) is 3.52. The fourth-order valence-electron chi connectivity index (χ4n) is 1.75. The molecule has 0 spiro atoms. The van der Waals surface area contributed by atoms with E-state index in [-0.39, 0.29) is 17.9 Å². The van der Waals surface area contributed by atoms with Crippen molar-refractivity contribution in [3.8, 4) is 0 Å². The van der Waals surface area contributed by atoms with E-state index in [4.69, 9.17) is 10.5 Å². The molecule has 1 rings (SSSR count). The van der Waals surface area contributed by atoms with Crippen LogP contribution >= 0.6 is 12.4 Å². The first-order valence-corrected chi connectivity index (χ1v) is 4.63. The van der Waals surface area contributed by atoms with Gasteiger partial charge in [-0.2, -0.15) is 0 Å². The summed E-state index contributed by atoms with van der Waals surface area (Å²) in [7, 11) is 0. The second kappa shape index (κ2) is 5.79. The molecular weight excluding hydrogens is 174 g/mol. The molecule has 0 radical (unpaired) electrons. The Morgan fingerprint density at radius 1 is 1.33 bits per heavy atom. The summed E-state index contributed by atoms with van der Waals surface area (Å²) < 4.78 is 5.28. The molecule has 2 N–H and O–H groups in total. The number of nitrogens with two attached hydrogens (primary N) is 1. The highest BCUT2D eigenvalue weighted by Gasteiger charge is 2.28. The fraction of sp³-hybridized carbons (Fsp3) is 1.00. The molecule has 1 aliphatic carbocycles. The standard InChI is InChI=1S/C9H19NO.ClH/c1-2-11-8-7-9(10)5-3-4-6-9;/h2-8,10H2,1H3;1H. The molecule has 0 atom stereocenters. The van der Waals surface area contributed by atoms with E-state index in [0.29, 0.717) is 0 Å². The minimum atomic E-state index is 0. The lowest BCUT2D eigenvalue weighted by Gasteiger charge is -2.22. The van der Waals surface area contributed by atoms with E-state index in [2.05, 4.69) is 0 Å². The maximum absolute atomic E-state index is 6.12. The molecule has 74 valence electrons. The third kappa shape index (κ3) is 3.74. The number of ether oxygens (including phenoxy) is 1. The molecule has 0 aromatic heterocycles. The van der Waals surface area contributed by atoms with Crippen molar-refractivity contribution >= 4 is 12.4 Å². The molecular formula is C9H20ClNO. The molecule has 0 aliphatic heterocycles. The highest BCUT2D eigenvalue weighted by molar-refractivity contribution is 5.85. The highest BCUT2D eigenvalue weighted by atomic mass is 35.5. The maximum Gasteiger partial charge on any atom is 0.0483 e. The maximum atomic E-state index is 6.12. The molecule has 0 aromatic carbocycles. The van der Waals surface area contributed by atoms with Gasteiger partial charge in [0.05, 0.1) is 0 Å². The second-order valence-electron chi connectivity index (χ2n) is 3.52. The average molecular weight is 194 g/mol. The Hall–Kier alpha value is 0.210. The summed E-state index contributed by atoms with van der Waals surface area (Å²) in [5.41, 5.74) is 6.24. The zero-order valence-electron chi connectivity index (χ0n) is 7.84. The molecule has 12 heavy (non-hydrogen) atoms. The van der Waals surface area contributed by atoms with Crippen LogP contribution in [-0.4, -0.2) is 18.8 Å². The van der Waals surface area contributed by atoms with E-state index in [1.54, 1.807) is 0 Å². The van der Waals surface area contributed by atoms with Crippen molar-refractivity contribution in [1.82, 2.24) is 0 Å². The van der Waals surface area contributed by atoms with Gasteiger partial charge < -0.3 is 10.5 Å². The summed E-state index contributed by atoms with van der Waals surface area (Å²) in [6.45, 7) is 3.68. The van der Waals surface area contributed by atoms with E-state index < -0.39 is 0 Å². The Morgan fingerprint density at radius 2 is 1.92 bits per heavy atom. The topological polar surface area (TPSA) is 35.2 Å². The van der Waals surface area contributed by atoms with E-state index in [1.165, 1.54) is 25.7 Å². The predicted molar refractivity (Wildman–Crippen MR) is 53.7 cm³/mol. The van der Waals surface area contributed by atoms with Crippen molar-refractivity contribution in [1.29, 1.82) is 0 Å². The summed E-state index contributed by atoms with van der Waals surface area (Å²) in [5.74, 6) is 0. The molecule has 3 heteroatoms. The number of hydrogen-bond donors (Lipinski definition) is 1. The third-order valence-corrected chi connectivity index (χ3v) is 2.55. The van der Waals surface area contributed by atoms with Crippen LogP contribution in [0.5, 0.6) is 0 Å². The summed E-state index contributed by atoms with van der Waals surface area (Å²) in [5, 5.41) is 0. The molecule has 0 saturated heterocycles. The lowest BCUT2D eigenvalue weighted by Crippen LogP contribution is -2.37. The Labute approximate surface area is 81.3 Å². The molecule has 0 heterocycles. The van der Waals surface area contributed by atoms with Crippen molar-refractivity contribution in [3.05, 3.63) is 0 Å². The Kier molecular flexibility index (Phi) is 5.89. The minimum absolute atomic E-state index is 0. The van der Waals surface area contributed by atoms with Crippen molar-refractivity contribution in [2.75, 3.05) is 13.2 Å². The highest BCUT2D eigenvalue weighted by Crippen LogP contribution is 2.29. The monoisotopic (exact) mass is 193 g/mol. The van der Waals surface area contributed by atoms with Gasteiger partial charge in [0.1, 0.15) is 0 Å². The van der Waals surface area contributed by atoms with Crippen LogP contribution in [0, 0.1) is 0 Å². The van der Waals surface area contributed by atoms with Gasteiger partial charge in [-0.25, -0.2) is 0 Å². The van der Waals surface area contributed by atoms with Crippen LogP contribution in [0.1, 0.15) is 39.0 Å². The van der Waals surface area contributed by atoms with Crippen molar-refractivity contribution in [2.24, 2.45) is 5.73 Å². The van der Waals surface area contributed by atoms with Crippen LogP contribution in [0.4, 0.5) is 0 Å². The normalized spacial score (nSPS) is 20.5. The zero-order valence-corrected chi connectivity index (χ0v) is 8.66. The van der Waals surface area contributed by atoms with E-state index in [0.717, 1.165) is 19.6 Å². The van der Waals surface area contributed by atoms with E-state index in [9.17, 15) is 0 Å². The Balaban J connectivity index is 0.00000121. The zero-order chi connectivity index (χ0) is 8.16. The average Bonchev–Trinajstić information content (AvgIpc) is 2.38. The van der Waals surface area contributed by atoms with Crippen LogP contribution in [0.15, 0.2) is 0 Å². The van der Waals surface area contributed by atoms with Gasteiger partial charge in [0.2, 0.25) is 0 Å². The first-order valence-electron chi connectivity index (χ1n) is 4.63. The molecule has 1 saturated carbocycles. The van der Waals surface area contributed by atoms with Crippen LogP contribution in [0.3, 0.4) is 0 Å². The molecule has 1 aliphatic rings. The van der Waals surface area contributed by atoms with Crippen LogP contribution < -0.4 is 5.73 Å². The summed E-state index contributed by atoms with van der Waals surface area (Å²) in [6, 6.07) is 0. The lowest BCUT2D eigenvalue weighted by molar-refractivity contribution is 0.126. The molecule has 1 fully saturated rings. The van der Waals surface area contributed by atoms with Gasteiger partial charge in [-0.1, -0.05) is 12.8 Å². The summed E-state index contributed by atoms with van der Waals surface area (Å²) >= 11 is 0. The number of halogens is 1. The SMILES string of the molecule is CCOCCC1(N)CCCC1.Cl. The molecule has 0 unspecified atom stereocenters. The fourth-order valence-corrected chi connectivity index (χ4v) is 1.75. The predicted octanol–water partition coefficient (Wildman–Crippen LogP) is 2.11. The molecule has 2 nitrogen and oxygen atoms in total. The minimum Gasteiger partial charge on any atom is -0.382 e. The van der Waals surface area contributed by atoms with Gasteiger partial charge in [0, 0.05) is 18.8 Å². The Bertz CT molecular complexity index is 113. The Morgan fingerprint density at radius 3 is 2.42 bits per heavy atom. The van der Waals surface area contributed by atoms with Gasteiger partial charge in [0.25, 0.3) is 0 Å². The summed E-state index contributed by atoms with van der Waals surface area (Å²) in [4.78, 5) is 0. The molecule has 0 bridgehead atoms. The van der Waals surface area contributed by atoms with Crippen molar-refractivity contribution < 1.29 is 4.74 Å². The van der Waals surface area contributed by atoms with Crippen LogP contribution in [-0.2, 0) is 4.74 Å². The number of hydrogen-bond acceptors (Lipinski definition) is 2. The van der Waals surface area contributed by atoms with Gasteiger partial charge in [-0.15, -0.1) is 12.4 Å². The first-order chi connectivity index (χ1) is 5.27. The third-order valence-electron chi connectivity index (χ3n) is 2.55. The van der Waals surface area contributed by atoms with Crippen LogP contribution in [0.25, 0.3) is 0 Å². The van der Waals surface area contributed by atoms with Gasteiger partial charge in [-0.3, -0.25) is 0 Å². The van der Waals surface area contributed by atoms with Gasteiger partial charge in [0.15, 0.2) is 0 Å². The quantitative estimate of drug-likeness (QED) is 0.695. The van der Waals surface area contributed by atoms with Crippen molar-refractivity contribution in [2.45, 2.75) is 44.6 Å². The summed E-state index contributed by atoms with van der Waals surface area (Å²) in [6.07, 6.45) is 6.05. The van der Waals surface area contributed by atoms with Gasteiger partial charge in [-0.05, 0) is 26.2 Å².